The van der Waals surface area contributed by atoms with Crippen LogP contribution in [0, 0.1) is 12.3 Å². The lowest BCUT2D eigenvalue weighted by Crippen LogP contribution is -2.23. The van der Waals surface area contributed by atoms with Crippen molar-refractivity contribution in [1.82, 2.24) is 15.6 Å². The summed E-state index contributed by atoms with van der Waals surface area (Å²) in [6, 6.07) is 14.0. The van der Waals surface area contributed by atoms with Crippen molar-refractivity contribution in [2.45, 2.75) is 19.9 Å². The highest BCUT2D eigenvalue weighted by atomic mass is 16.5. The molecule has 0 bridgehead atoms. The first-order chi connectivity index (χ1) is 15.6. The Morgan fingerprint density at radius 1 is 1.22 bits per heavy atom. The largest absolute Gasteiger partial charge is 0.491 e. The van der Waals surface area contributed by atoms with E-state index in [-0.39, 0.29) is 5.71 Å². The standard InChI is InChI=1S/C25H27N5O2/c1-16-2-3-19(12-23(16)32-9-8-29-15-31)24(26)22-11-21(14-30-25(22)27)17-4-5-20-13-28-7-6-18(20)10-17/h2-5,10-12,14-15,26,28H,6-9,13H2,1H3,(H2,27,30)(H,29,31). The van der Waals surface area contributed by atoms with Gasteiger partial charge in [0, 0.05) is 29.4 Å². The lowest BCUT2D eigenvalue weighted by atomic mass is 9.94. The molecule has 164 valence electrons. The molecule has 0 unspecified atom stereocenters. The van der Waals surface area contributed by atoms with E-state index in [1.807, 2.05) is 31.2 Å². The Labute approximate surface area is 187 Å². The molecule has 0 saturated carbocycles. The number of nitrogens with zero attached hydrogens (tertiary/aromatic N) is 1. The van der Waals surface area contributed by atoms with Gasteiger partial charge in [-0.15, -0.1) is 0 Å². The van der Waals surface area contributed by atoms with Gasteiger partial charge in [-0.1, -0.05) is 30.3 Å². The zero-order valence-corrected chi connectivity index (χ0v) is 18.1. The number of nitrogens with two attached hydrogens (primary N) is 1. The van der Waals surface area contributed by atoms with Crippen LogP contribution in [0.2, 0.25) is 0 Å². The molecule has 0 spiro atoms. The van der Waals surface area contributed by atoms with Gasteiger partial charge in [0.05, 0.1) is 12.3 Å². The number of nitrogens with one attached hydrogen (secondary N) is 3. The molecule has 0 fully saturated rings. The van der Waals surface area contributed by atoms with Crippen LogP contribution in [0.15, 0.2) is 48.7 Å². The maximum Gasteiger partial charge on any atom is 0.207 e. The second-order valence-electron chi connectivity index (χ2n) is 7.84. The molecule has 7 nitrogen and oxygen atoms in total. The third kappa shape index (κ3) is 4.63. The first kappa shape index (κ1) is 21.5. The minimum Gasteiger partial charge on any atom is -0.491 e. The van der Waals surface area contributed by atoms with Crippen LogP contribution < -0.4 is 21.1 Å². The summed E-state index contributed by atoms with van der Waals surface area (Å²) < 4.78 is 5.77. The van der Waals surface area contributed by atoms with Crippen molar-refractivity contribution < 1.29 is 9.53 Å². The molecule has 1 aliphatic heterocycles. The van der Waals surface area contributed by atoms with Crippen LogP contribution in [-0.4, -0.2) is 36.8 Å². The maximum absolute atomic E-state index is 10.4. The minimum atomic E-state index is 0.287. The molecule has 1 amide bonds. The SMILES string of the molecule is Cc1ccc(C(=N)c2cc(-c3ccc4c(c3)CCNC4)cnc2N)cc1OCCNC=O. The Bertz CT molecular complexity index is 1160. The summed E-state index contributed by atoms with van der Waals surface area (Å²) in [4.78, 5) is 14.8. The van der Waals surface area contributed by atoms with E-state index in [1.165, 1.54) is 11.1 Å². The summed E-state index contributed by atoms with van der Waals surface area (Å²) in [5, 5.41) is 14.8. The summed E-state index contributed by atoms with van der Waals surface area (Å²) >= 11 is 0. The second kappa shape index (κ2) is 9.62. The van der Waals surface area contributed by atoms with Gasteiger partial charge >= 0.3 is 0 Å². The topological polar surface area (TPSA) is 113 Å². The Morgan fingerprint density at radius 3 is 2.94 bits per heavy atom. The average Bonchev–Trinajstić information content (AvgIpc) is 2.82. The molecule has 5 N–H and O–H groups in total. The van der Waals surface area contributed by atoms with E-state index >= 15 is 0 Å². The van der Waals surface area contributed by atoms with E-state index in [2.05, 4.69) is 33.8 Å². The highest BCUT2D eigenvalue weighted by Crippen LogP contribution is 2.28. The number of hydrogen-bond acceptors (Lipinski definition) is 6. The number of aryl methyl sites for hydroxylation is 1. The molecule has 2 heterocycles. The third-order valence-electron chi connectivity index (χ3n) is 5.68. The fourth-order valence-electron chi connectivity index (χ4n) is 3.84. The molecule has 1 aromatic heterocycles. The monoisotopic (exact) mass is 429 g/mol. The van der Waals surface area contributed by atoms with Crippen molar-refractivity contribution in [3.8, 4) is 16.9 Å². The average molecular weight is 430 g/mol. The van der Waals surface area contributed by atoms with Gasteiger partial charge in [0.2, 0.25) is 6.41 Å². The van der Waals surface area contributed by atoms with Crippen LogP contribution in [0.4, 0.5) is 5.82 Å². The Hall–Kier alpha value is -3.71. The molecule has 0 saturated heterocycles. The van der Waals surface area contributed by atoms with Crippen molar-refractivity contribution in [2.75, 3.05) is 25.4 Å². The fraction of sp³-hybridized carbons (Fsp3) is 0.240. The van der Waals surface area contributed by atoms with Gasteiger partial charge in [-0.25, -0.2) is 4.98 Å². The van der Waals surface area contributed by atoms with Crippen LogP contribution in [-0.2, 0) is 17.8 Å². The quantitative estimate of drug-likeness (QED) is 0.250. The Balaban J connectivity index is 1.61. The lowest BCUT2D eigenvalue weighted by molar-refractivity contribution is -0.109. The predicted octanol–water partition coefficient (Wildman–Crippen LogP) is 2.83. The first-order valence-corrected chi connectivity index (χ1v) is 10.6. The van der Waals surface area contributed by atoms with E-state index < -0.39 is 0 Å². The third-order valence-corrected chi connectivity index (χ3v) is 5.68. The number of rotatable bonds is 8. The lowest BCUT2D eigenvalue weighted by Gasteiger charge is -2.18. The Kier molecular flexibility index (Phi) is 6.47. The molecule has 7 heteroatoms. The number of hydrogen-bond donors (Lipinski definition) is 4. The normalized spacial score (nSPS) is 12.7. The second-order valence-corrected chi connectivity index (χ2v) is 7.84. The van der Waals surface area contributed by atoms with Crippen LogP contribution in [0.1, 0.15) is 27.8 Å². The van der Waals surface area contributed by atoms with E-state index in [0.29, 0.717) is 42.3 Å². The van der Waals surface area contributed by atoms with Gasteiger partial charge in [0.25, 0.3) is 0 Å². The molecule has 3 aromatic rings. The minimum absolute atomic E-state index is 0.287. The smallest absolute Gasteiger partial charge is 0.207 e. The van der Waals surface area contributed by atoms with Crippen LogP contribution in [0.5, 0.6) is 5.75 Å². The maximum atomic E-state index is 10.4. The number of anilines is 1. The highest BCUT2D eigenvalue weighted by molar-refractivity contribution is 6.14. The molecule has 1 aliphatic rings. The molecule has 2 aromatic carbocycles. The van der Waals surface area contributed by atoms with Crippen LogP contribution in [0.3, 0.4) is 0 Å². The molecule has 0 radical (unpaired) electrons. The van der Waals surface area contributed by atoms with E-state index in [0.717, 1.165) is 36.2 Å². The Morgan fingerprint density at radius 2 is 2.09 bits per heavy atom. The first-order valence-electron chi connectivity index (χ1n) is 10.6. The summed E-state index contributed by atoms with van der Waals surface area (Å²) in [5.41, 5.74) is 13.4. The van der Waals surface area contributed by atoms with E-state index in [9.17, 15) is 4.79 Å². The van der Waals surface area contributed by atoms with Gasteiger partial charge in [-0.05, 0) is 54.3 Å². The molecular weight excluding hydrogens is 402 g/mol. The molecule has 0 atom stereocenters. The van der Waals surface area contributed by atoms with Gasteiger partial charge in [0.1, 0.15) is 18.2 Å². The van der Waals surface area contributed by atoms with Gasteiger partial charge in [-0.3, -0.25) is 10.2 Å². The number of benzene rings is 2. The number of carbonyl (C=O) groups is 1. The number of nitrogen functional groups attached to an aromatic ring is 1. The molecular formula is C25H27N5O2. The number of fused-ring (bicyclic) bond motifs is 1. The fourth-order valence-corrected chi connectivity index (χ4v) is 3.84. The van der Waals surface area contributed by atoms with Crippen molar-refractivity contribution in [1.29, 1.82) is 5.41 Å². The molecule has 32 heavy (non-hydrogen) atoms. The molecule has 4 rings (SSSR count). The number of ether oxygens (including phenoxy) is 1. The number of aromatic nitrogens is 1. The molecule has 0 aliphatic carbocycles. The van der Waals surface area contributed by atoms with Crippen molar-refractivity contribution in [3.63, 3.8) is 0 Å². The van der Waals surface area contributed by atoms with Gasteiger partial charge in [0.15, 0.2) is 0 Å². The zero-order valence-electron chi connectivity index (χ0n) is 18.1. The highest BCUT2D eigenvalue weighted by Gasteiger charge is 2.15. The van der Waals surface area contributed by atoms with Crippen LogP contribution >= 0.6 is 0 Å². The number of pyridine rings is 1. The van der Waals surface area contributed by atoms with Gasteiger partial charge < -0.3 is 21.1 Å². The van der Waals surface area contributed by atoms with E-state index in [1.54, 1.807) is 6.20 Å². The van der Waals surface area contributed by atoms with E-state index in [4.69, 9.17) is 15.9 Å². The van der Waals surface area contributed by atoms with Crippen LogP contribution in [0.25, 0.3) is 11.1 Å². The van der Waals surface area contributed by atoms with Crippen molar-refractivity contribution >= 4 is 17.9 Å². The zero-order chi connectivity index (χ0) is 22.5. The summed E-state index contributed by atoms with van der Waals surface area (Å²) in [6.45, 7) is 4.59. The number of carbonyl (C=O) groups excluding carboxylic acids is 1. The van der Waals surface area contributed by atoms with Gasteiger partial charge in [-0.2, -0.15) is 0 Å². The van der Waals surface area contributed by atoms with Crippen molar-refractivity contribution in [2.24, 2.45) is 0 Å². The summed E-state index contributed by atoms with van der Waals surface area (Å²) in [7, 11) is 0. The number of amides is 1. The van der Waals surface area contributed by atoms with Crippen molar-refractivity contribution in [3.05, 3.63) is 76.5 Å². The predicted molar refractivity (Wildman–Crippen MR) is 126 cm³/mol. The summed E-state index contributed by atoms with van der Waals surface area (Å²) in [6.07, 6.45) is 3.41. The summed E-state index contributed by atoms with van der Waals surface area (Å²) in [5.74, 6) is 0.991.